The predicted octanol–water partition coefficient (Wildman–Crippen LogP) is 3.35. The van der Waals surface area contributed by atoms with Crippen molar-refractivity contribution < 1.29 is 8.42 Å². The molecule has 0 amide bonds. The summed E-state index contributed by atoms with van der Waals surface area (Å²) < 4.78 is 27.5. The molecular weight excluding hydrogens is 336 g/mol. The molecule has 134 valence electrons. The Morgan fingerprint density at radius 1 is 1.16 bits per heavy atom. The lowest BCUT2D eigenvalue weighted by Gasteiger charge is -2.35. The minimum Gasteiger partial charge on any atom is -0.352 e. The average molecular weight is 360 g/mol. The van der Waals surface area contributed by atoms with Crippen LogP contribution in [0.1, 0.15) is 38.2 Å². The van der Waals surface area contributed by atoms with Gasteiger partial charge in [-0.1, -0.05) is 25.1 Å². The van der Waals surface area contributed by atoms with E-state index in [0.29, 0.717) is 11.6 Å². The van der Waals surface area contributed by atoms with Gasteiger partial charge in [0.15, 0.2) is 11.6 Å². The molecule has 1 atom stereocenters. The summed E-state index contributed by atoms with van der Waals surface area (Å²) in [5.74, 6) is 1.04. The number of rotatable bonds is 5. The molecule has 0 saturated carbocycles. The molecule has 1 aromatic carbocycles. The molecule has 1 aliphatic rings. The van der Waals surface area contributed by atoms with Gasteiger partial charge >= 0.3 is 0 Å². The van der Waals surface area contributed by atoms with E-state index < -0.39 is 10.0 Å². The molecule has 1 aromatic heterocycles. The second-order valence-electron chi connectivity index (χ2n) is 6.40. The largest absolute Gasteiger partial charge is 0.352 e. The molecule has 2 heterocycles. The SMILES string of the molecule is CCC1CCCCN1c1ccc(NS(=O)(=O)c2ccccc2C)nn1. The highest BCUT2D eigenvalue weighted by Gasteiger charge is 2.23. The summed E-state index contributed by atoms with van der Waals surface area (Å²) in [6.45, 7) is 4.92. The first kappa shape index (κ1) is 17.7. The van der Waals surface area contributed by atoms with Crippen molar-refractivity contribution in [3.8, 4) is 0 Å². The maximum Gasteiger partial charge on any atom is 0.263 e. The van der Waals surface area contributed by atoms with E-state index in [1.165, 1.54) is 12.8 Å². The molecule has 7 heteroatoms. The summed E-state index contributed by atoms with van der Waals surface area (Å²) in [6.07, 6.45) is 4.64. The predicted molar refractivity (Wildman–Crippen MR) is 99.3 cm³/mol. The van der Waals surface area contributed by atoms with E-state index >= 15 is 0 Å². The van der Waals surface area contributed by atoms with E-state index in [1.54, 1.807) is 31.2 Å². The summed E-state index contributed by atoms with van der Waals surface area (Å²) in [5, 5.41) is 8.33. The standard InChI is InChI=1S/C18H24N4O2S/c1-3-15-9-6-7-13-22(15)18-12-11-17(19-20-18)21-25(23,24)16-10-5-4-8-14(16)2/h4-5,8,10-12,15H,3,6-7,9,13H2,1-2H3,(H,19,21). The van der Waals surface area contributed by atoms with Gasteiger partial charge in [0.25, 0.3) is 10.0 Å². The molecule has 0 spiro atoms. The van der Waals surface area contributed by atoms with Gasteiger partial charge in [-0.2, -0.15) is 0 Å². The van der Waals surface area contributed by atoms with E-state index in [2.05, 4.69) is 26.7 Å². The Hall–Kier alpha value is -2.15. The highest BCUT2D eigenvalue weighted by molar-refractivity contribution is 7.92. The van der Waals surface area contributed by atoms with Crippen molar-refractivity contribution in [3.63, 3.8) is 0 Å². The molecule has 1 N–H and O–H groups in total. The van der Waals surface area contributed by atoms with Crippen LogP contribution in [0.15, 0.2) is 41.3 Å². The lowest BCUT2D eigenvalue weighted by atomic mass is 10.0. The Balaban J connectivity index is 1.78. The molecule has 2 aromatic rings. The van der Waals surface area contributed by atoms with E-state index in [1.807, 2.05) is 12.1 Å². The van der Waals surface area contributed by atoms with Gasteiger partial charge in [0.05, 0.1) is 4.90 Å². The van der Waals surface area contributed by atoms with Crippen LogP contribution in [0.25, 0.3) is 0 Å². The second kappa shape index (κ2) is 7.39. The Labute approximate surface area is 149 Å². The summed E-state index contributed by atoms with van der Waals surface area (Å²) in [7, 11) is -3.66. The average Bonchev–Trinajstić information content (AvgIpc) is 2.62. The van der Waals surface area contributed by atoms with Crippen LogP contribution in [0.5, 0.6) is 0 Å². The number of aryl methyl sites for hydroxylation is 1. The van der Waals surface area contributed by atoms with Crippen molar-refractivity contribution in [3.05, 3.63) is 42.0 Å². The van der Waals surface area contributed by atoms with Crippen molar-refractivity contribution in [1.82, 2.24) is 10.2 Å². The zero-order chi connectivity index (χ0) is 17.9. The fourth-order valence-corrected chi connectivity index (χ4v) is 4.55. The van der Waals surface area contributed by atoms with Crippen molar-refractivity contribution in [2.75, 3.05) is 16.2 Å². The van der Waals surface area contributed by atoms with Crippen LogP contribution < -0.4 is 9.62 Å². The van der Waals surface area contributed by atoms with Crippen LogP contribution in [-0.4, -0.2) is 31.2 Å². The lowest BCUT2D eigenvalue weighted by molar-refractivity contribution is 0.445. The minimum atomic E-state index is -3.66. The van der Waals surface area contributed by atoms with Crippen LogP contribution in [0.3, 0.4) is 0 Å². The van der Waals surface area contributed by atoms with Gasteiger partial charge in [-0.3, -0.25) is 4.72 Å². The maximum absolute atomic E-state index is 12.5. The van der Waals surface area contributed by atoms with E-state index in [4.69, 9.17) is 0 Å². The number of benzene rings is 1. The molecule has 6 nitrogen and oxygen atoms in total. The third-order valence-electron chi connectivity index (χ3n) is 4.67. The molecule has 1 saturated heterocycles. The summed E-state index contributed by atoms with van der Waals surface area (Å²) >= 11 is 0. The number of hydrogen-bond donors (Lipinski definition) is 1. The van der Waals surface area contributed by atoms with Crippen LogP contribution in [0.2, 0.25) is 0 Å². The van der Waals surface area contributed by atoms with Gasteiger partial charge < -0.3 is 4.90 Å². The van der Waals surface area contributed by atoms with Gasteiger partial charge in [-0.25, -0.2) is 8.42 Å². The van der Waals surface area contributed by atoms with Crippen molar-refractivity contribution >= 4 is 21.7 Å². The van der Waals surface area contributed by atoms with Crippen molar-refractivity contribution in [1.29, 1.82) is 0 Å². The second-order valence-corrected chi connectivity index (χ2v) is 8.05. The van der Waals surface area contributed by atoms with Crippen LogP contribution in [0.4, 0.5) is 11.6 Å². The van der Waals surface area contributed by atoms with E-state index in [9.17, 15) is 8.42 Å². The Morgan fingerprint density at radius 3 is 2.64 bits per heavy atom. The summed E-state index contributed by atoms with van der Waals surface area (Å²) in [6, 6.07) is 10.9. The number of anilines is 2. The third-order valence-corrected chi connectivity index (χ3v) is 6.18. The summed E-state index contributed by atoms with van der Waals surface area (Å²) in [5.41, 5.74) is 0.693. The molecular formula is C18H24N4O2S. The third kappa shape index (κ3) is 3.92. The molecule has 3 rings (SSSR count). The van der Waals surface area contributed by atoms with E-state index in [0.717, 1.165) is 25.2 Å². The molecule has 1 fully saturated rings. The molecule has 0 aliphatic carbocycles. The van der Waals surface area contributed by atoms with Crippen molar-refractivity contribution in [2.24, 2.45) is 0 Å². The van der Waals surface area contributed by atoms with Gasteiger partial charge in [-0.05, 0) is 56.4 Å². The number of sulfonamides is 1. The maximum atomic E-state index is 12.5. The molecule has 1 unspecified atom stereocenters. The van der Waals surface area contributed by atoms with Crippen LogP contribution in [0, 0.1) is 6.92 Å². The number of nitrogens with zero attached hydrogens (tertiary/aromatic N) is 3. The number of piperidine rings is 1. The molecule has 0 bridgehead atoms. The Kier molecular flexibility index (Phi) is 5.22. The highest BCUT2D eigenvalue weighted by atomic mass is 32.2. The smallest absolute Gasteiger partial charge is 0.263 e. The topological polar surface area (TPSA) is 75.2 Å². The monoisotopic (exact) mass is 360 g/mol. The minimum absolute atomic E-state index is 0.233. The van der Waals surface area contributed by atoms with Gasteiger partial charge in [0, 0.05) is 12.6 Å². The molecule has 1 aliphatic heterocycles. The van der Waals surface area contributed by atoms with Crippen LogP contribution >= 0.6 is 0 Å². The summed E-state index contributed by atoms with van der Waals surface area (Å²) in [4.78, 5) is 2.53. The highest BCUT2D eigenvalue weighted by Crippen LogP contribution is 2.25. The zero-order valence-corrected chi connectivity index (χ0v) is 15.5. The number of aromatic nitrogens is 2. The van der Waals surface area contributed by atoms with Crippen LogP contribution in [-0.2, 0) is 10.0 Å². The van der Waals surface area contributed by atoms with E-state index in [-0.39, 0.29) is 10.7 Å². The fraction of sp³-hybridized carbons (Fsp3) is 0.444. The fourth-order valence-electron chi connectivity index (χ4n) is 3.31. The Bertz CT molecular complexity index is 821. The quantitative estimate of drug-likeness (QED) is 0.885. The normalized spacial score (nSPS) is 18.2. The first-order chi connectivity index (χ1) is 12.0. The van der Waals surface area contributed by atoms with Gasteiger partial charge in [0.2, 0.25) is 0 Å². The van der Waals surface area contributed by atoms with Gasteiger partial charge in [-0.15, -0.1) is 10.2 Å². The zero-order valence-electron chi connectivity index (χ0n) is 14.6. The number of hydrogen-bond acceptors (Lipinski definition) is 5. The first-order valence-corrected chi connectivity index (χ1v) is 10.2. The van der Waals surface area contributed by atoms with Crippen molar-refractivity contribution in [2.45, 2.75) is 50.5 Å². The lowest BCUT2D eigenvalue weighted by Crippen LogP contribution is -2.39. The Morgan fingerprint density at radius 2 is 1.96 bits per heavy atom. The molecule has 0 radical (unpaired) electrons. The molecule has 25 heavy (non-hydrogen) atoms. The number of nitrogens with one attached hydrogen (secondary N) is 1. The van der Waals surface area contributed by atoms with Gasteiger partial charge in [0.1, 0.15) is 0 Å². The first-order valence-electron chi connectivity index (χ1n) is 8.70.